The summed E-state index contributed by atoms with van der Waals surface area (Å²) in [6.07, 6.45) is 0. The van der Waals surface area contributed by atoms with Crippen molar-refractivity contribution in [1.82, 2.24) is 14.5 Å². The first-order valence-electron chi connectivity index (χ1n) is 9.84. The number of sulfonamides is 1. The van der Waals surface area contributed by atoms with Crippen LogP contribution in [-0.2, 0) is 21.4 Å². The molecule has 11 nitrogen and oxygen atoms in total. The molecule has 1 aliphatic heterocycles. The third kappa shape index (κ3) is 5.39. The Bertz CT molecular complexity index is 1080. The van der Waals surface area contributed by atoms with E-state index in [1.165, 1.54) is 16.4 Å². The minimum atomic E-state index is -3.88. The van der Waals surface area contributed by atoms with E-state index in [-0.39, 0.29) is 36.4 Å². The van der Waals surface area contributed by atoms with Crippen LogP contribution in [0.15, 0.2) is 39.8 Å². The van der Waals surface area contributed by atoms with Crippen LogP contribution in [0.3, 0.4) is 0 Å². The summed E-state index contributed by atoms with van der Waals surface area (Å²) in [6.45, 7) is 1.62. The van der Waals surface area contributed by atoms with Crippen molar-refractivity contribution in [1.29, 1.82) is 0 Å². The molecule has 2 heterocycles. The van der Waals surface area contributed by atoms with Gasteiger partial charge in [-0.15, -0.1) is 0 Å². The molecule has 1 aromatic carbocycles. The number of nitrogens with one attached hydrogen (secondary N) is 1. The third-order valence-electron chi connectivity index (χ3n) is 5.05. The molecule has 0 spiro atoms. The maximum atomic E-state index is 12.7. The SMILES string of the molecule is COc1ccc(CNC(=O)CN2CCN(S(=O)(=O)c3ccc(C(N)=O)o3)CC2)cc1OC. The summed E-state index contributed by atoms with van der Waals surface area (Å²) in [5.74, 6) is -0.0381. The fraction of sp³-hybridized carbons (Fsp3) is 0.400. The number of piperazine rings is 1. The van der Waals surface area contributed by atoms with Crippen LogP contribution in [0.25, 0.3) is 0 Å². The van der Waals surface area contributed by atoms with Gasteiger partial charge in [0, 0.05) is 32.7 Å². The Kier molecular flexibility index (Phi) is 7.38. The van der Waals surface area contributed by atoms with Crippen molar-refractivity contribution in [2.24, 2.45) is 5.73 Å². The van der Waals surface area contributed by atoms with E-state index in [0.717, 1.165) is 5.56 Å². The van der Waals surface area contributed by atoms with E-state index in [2.05, 4.69) is 5.32 Å². The normalized spacial score (nSPS) is 15.3. The second-order valence-electron chi connectivity index (χ2n) is 7.13. The van der Waals surface area contributed by atoms with Crippen LogP contribution in [0.5, 0.6) is 11.5 Å². The summed E-state index contributed by atoms with van der Waals surface area (Å²) in [5, 5.41) is 2.52. The third-order valence-corrected chi connectivity index (χ3v) is 6.83. The molecule has 0 aliphatic carbocycles. The average Bonchev–Trinajstić information content (AvgIpc) is 3.29. The van der Waals surface area contributed by atoms with Crippen molar-refractivity contribution in [3.8, 4) is 11.5 Å². The number of nitrogens with zero attached hydrogens (tertiary/aromatic N) is 2. The standard InChI is InChI=1S/C20H26N4O7S/c1-29-15-4-3-14(11-17(15)30-2)12-22-18(25)13-23-7-9-24(10-8-23)32(27,28)19-6-5-16(31-19)20(21)26/h3-6,11H,7-10,12-13H2,1-2H3,(H2,21,26)(H,22,25). The van der Waals surface area contributed by atoms with Crippen molar-refractivity contribution >= 4 is 21.8 Å². The number of benzene rings is 1. The molecule has 0 bridgehead atoms. The van der Waals surface area contributed by atoms with Gasteiger partial charge in [0.15, 0.2) is 17.3 Å². The lowest BCUT2D eigenvalue weighted by molar-refractivity contribution is -0.122. The number of methoxy groups -OCH3 is 2. The number of carbonyl (C=O) groups is 2. The highest BCUT2D eigenvalue weighted by atomic mass is 32.2. The lowest BCUT2D eigenvalue weighted by Crippen LogP contribution is -2.50. The molecule has 12 heteroatoms. The van der Waals surface area contributed by atoms with Crippen molar-refractivity contribution in [2.75, 3.05) is 46.9 Å². The lowest BCUT2D eigenvalue weighted by Gasteiger charge is -2.32. The lowest BCUT2D eigenvalue weighted by atomic mass is 10.2. The monoisotopic (exact) mass is 466 g/mol. The van der Waals surface area contributed by atoms with Gasteiger partial charge in [-0.2, -0.15) is 4.31 Å². The molecule has 2 aromatic rings. The molecule has 3 N–H and O–H groups in total. The Morgan fingerprint density at radius 1 is 1.06 bits per heavy atom. The van der Waals surface area contributed by atoms with Crippen LogP contribution >= 0.6 is 0 Å². The van der Waals surface area contributed by atoms with E-state index in [1.807, 2.05) is 11.0 Å². The van der Waals surface area contributed by atoms with Crippen molar-refractivity contribution < 1.29 is 31.9 Å². The van der Waals surface area contributed by atoms with Crippen LogP contribution in [0.2, 0.25) is 0 Å². The number of hydrogen-bond donors (Lipinski definition) is 2. The largest absolute Gasteiger partial charge is 0.493 e. The predicted molar refractivity (Wildman–Crippen MR) is 114 cm³/mol. The van der Waals surface area contributed by atoms with E-state index < -0.39 is 15.9 Å². The highest BCUT2D eigenvalue weighted by Gasteiger charge is 2.31. The summed E-state index contributed by atoms with van der Waals surface area (Å²) in [5.41, 5.74) is 5.97. The van der Waals surface area contributed by atoms with Gasteiger partial charge in [0.05, 0.1) is 20.8 Å². The zero-order valence-corrected chi connectivity index (χ0v) is 18.7. The zero-order valence-electron chi connectivity index (χ0n) is 17.9. The first-order chi connectivity index (χ1) is 15.2. The Hall–Kier alpha value is -3.09. The number of primary amides is 1. The van der Waals surface area contributed by atoms with E-state index >= 15 is 0 Å². The van der Waals surface area contributed by atoms with Gasteiger partial charge in [0.2, 0.25) is 11.0 Å². The number of furan rings is 1. The fourth-order valence-electron chi connectivity index (χ4n) is 3.30. The first kappa shape index (κ1) is 23.6. The van der Waals surface area contributed by atoms with Gasteiger partial charge >= 0.3 is 0 Å². The molecule has 0 atom stereocenters. The van der Waals surface area contributed by atoms with Gasteiger partial charge in [0.25, 0.3) is 15.9 Å². The summed E-state index contributed by atoms with van der Waals surface area (Å²) in [6, 6.07) is 7.84. The molecule has 32 heavy (non-hydrogen) atoms. The number of ether oxygens (including phenoxy) is 2. The summed E-state index contributed by atoms with van der Waals surface area (Å²) in [7, 11) is -0.779. The van der Waals surface area contributed by atoms with Gasteiger partial charge in [-0.05, 0) is 29.8 Å². The highest BCUT2D eigenvalue weighted by molar-refractivity contribution is 7.89. The molecule has 0 saturated carbocycles. The molecule has 1 fully saturated rings. The van der Waals surface area contributed by atoms with Crippen LogP contribution in [-0.4, -0.2) is 76.4 Å². The first-order valence-corrected chi connectivity index (χ1v) is 11.3. The Morgan fingerprint density at radius 2 is 1.75 bits per heavy atom. The van der Waals surface area contributed by atoms with Crippen LogP contribution < -0.4 is 20.5 Å². The number of amides is 2. The van der Waals surface area contributed by atoms with Crippen LogP contribution in [0.1, 0.15) is 16.1 Å². The zero-order chi connectivity index (χ0) is 23.3. The quantitative estimate of drug-likeness (QED) is 0.526. The van der Waals surface area contributed by atoms with Crippen LogP contribution in [0.4, 0.5) is 0 Å². The van der Waals surface area contributed by atoms with Crippen molar-refractivity contribution in [2.45, 2.75) is 11.6 Å². The Balaban J connectivity index is 1.49. The van der Waals surface area contributed by atoms with E-state index in [4.69, 9.17) is 19.6 Å². The number of rotatable bonds is 9. The molecule has 1 saturated heterocycles. The molecular formula is C20H26N4O7S. The molecule has 3 rings (SSSR count). The minimum Gasteiger partial charge on any atom is -0.493 e. The second-order valence-corrected chi connectivity index (χ2v) is 9.00. The highest BCUT2D eigenvalue weighted by Crippen LogP contribution is 2.27. The predicted octanol–water partition coefficient (Wildman–Crippen LogP) is 0.0184. The maximum Gasteiger partial charge on any atom is 0.284 e. The maximum absolute atomic E-state index is 12.7. The van der Waals surface area contributed by atoms with Crippen molar-refractivity contribution in [3.05, 3.63) is 41.7 Å². The summed E-state index contributed by atoms with van der Waals surface area (Å²) >= 11 is 0. The number of hydrogen-bond acceptors (Lipinski definition) is 8. The Morgan fingerprint density at radius 3 is 2.34 bits per heavy atom. The molecule has 0 unspecified atom stereocenters. The van der Waals surface area contributed by atoms with Gasteiger partial charge in [0.1, 0.15) is 0 Å². The topological polar surface area (TPSA) is 144 Å². The van der Waals surface area contributed by atoms with Gasteiger partial charge in [-0.25, -0.2) is 8.42 Å². The molecule has 1 aliphatic rings. The molecule has 0 radical (unpaired) electrons. The molecule has 1 aromatic heterocycles. The number of carbonyl (C=O) groups excluding carboxylic acids is 2. The van der Waals surface area contributed by atoms with Crippen LogP contribution in [0, 0.1) is 0 Å². The number of nitrogens with two attached hydrogens (primary N) is 1. The fourth-order valence-corrected chi connectivity index (χ4v) is 4.63. The van der Waals surface area contributed by atoms with E-state index in [0.29, 0.717) is 31.1 Å². The Labute approximate surface area is 186 Å². The molecule has 174 valence electrons. The molecular weight excluding hydrogens is 440 g/mol. The van der Waals surface area contributed by atoms with Gasteiger partial charge in [-0.3, -0.25) is 14.5 Å². The molecule has 2 amide bonds. The van der Waals surface area contributed by atoms with Gasteiger partial charge in [-0.1, -0.05) is 6.07 Å². The minimum absolute atomic E-state index is 0.147. The average molecular weight is 467 g/mol. The van der Waals surface area contributed by atoms with Gasteiger partial charge < -0.3 is 24.9 Å². The summed E-state index contributed by atoms with van der Waals surface area (Å²) in [4.78, 5) is 25.3. The smallest absolute Gasteiger partial charge is 0.284 e. The van der Waals surface area contributed by atoms with E-state index in [1.54, 1.807) is 26.4 Å². The summed E-state index contributed by atoms with van der Waals surface area (Å²) < 4.78 is 42.1. The second kappa shape index (κ2) is 10.0. The van der Waals surface area contributed by atoms with E-state index in [9.17, 15) is 18.0 Å². The van der Waals surface area contributed by atoms with Crippen molar-refractivity contribution in [3.63, 3.8) is 0 Å².